The van der Waals surface area contributed by atoms with E-state index in [1.165, 1.54) is 11.1 Å². The van der Waals surface area contributed by atoms with Crippen molar-refractivity contribution in [3.05, 3.63) is 65.2 Å². The molecule has 1 atom stereocenters. The molecule has 2 rings (SSSR count). The van der Waals surface area contributed by atoms with Crippen molar-refractivity contribution >= 4 is 11.6 Å². The molecule has 1 amide bonds. The van der Waals surface area contributed by atoms with E-state index in [2.05, 4.69) is 42.6 Å². The molecule has 2 aromatic carbocycles. The summed E-state index contributed by atoms with van der Waals surface area (Å²) in [5.74, 6) is -0.0654. The number of nitrogens with zero attached hydrogens (tertiary/aromatic N) is 2. The first-order valence-corrected chi connectivity index (χ1v) is 7.56. The largest absolute Gasteiger partial charge is 0.325 e. The van der Waals surface area contributed by atoms with Crippen LogP contribution in [0.4, 0.5) is 5.69 Å². The lowest BCUT2D eigenvalue weighted by Gasteiger charge is -2.24. The van der Waals surface area contributed by atoms with Gasteiger partial charge in [-0.25, -0.2) is 0 Å². The molecule has 4 nitrogen and oxygen atoms in total. The molecule has 0 aliphatic heterocycles. The molecule has 0 fully saturated rings. The van der Waals surface area contributed by atoms with Crippen molar-refractivity contribution in [3.8, 4) is 6.07 Å². The SMILES string of the molecule is Cc1ccc(CN(C)[C@H](C)C(=O)Nc2ccc(C#N)cc2)cc1. The van der Waals surface area contributed by atoms with Crippen molar-refractivity contribution < 1.29 is 4.79 Å². The summed E-state index contributed by atoms with van der Waals surface area (Å²) in [6.45, 7) is 4.65. The Balaban J connectivity index is 1.95. The third-order valence-corrected chi connectivity index (χ3v) is 3.87. The van der Waals surface area contributed by atoms with Crippen LogP contribution in [0.2, 0.25) is 0 Å². The Morgan fingerprint density at radius 2 is 1.78 bits per heavy atom. The molecule has 0 aromatic heterocycles. The van der Waals surface area contributed by atoms with E-state index in [-0.39, 0.29) is 11.9 Å². The number of nitrogens with one attached hydrogen (secondary N) is 1. The Morgan fingerprint density at radius 1 is 1.17 bits per heavy atom. The molecular formula is C19H21N3O. The van der Waals surface area contributed by atoms with Crippen LogP contribution in [0.25, 0.3) is 0 Å². The maximum absolute atomic E-state index is 12.3. The summed E-state index contributed by atoms with van der Waals surface area (Å²) in [6, 6.07) is 17.0. The van der Waals surface area contributed by atoms with Crippen LogP contribution in [0.15, 0.2) is 48.5 Å². The molecule has 0 aliphatic rings. The molecule has 0 saturated carbocycles. The number of hydrogen-bond donors (Lipinski definition) is 1. The van der Waals surface area contributed by atoms with Crippen LogP contribution in [-0.2, 0) is 11.3 Å². The molecule has 4 heteroatoms. The molecule has 0 heterocycles. The number of hydrogen-bond acceptors (Lipinski definition) is 3. The van der Waals surface area contributed by atoms with Gasteiger partial charge in [0.1, 0.15) is 0 Å². The van der Waals surface area contributed by atoms with Gasteiger partial charge in [-0.05, 0) is 50.7 Å². The lowest BCUT2D eigenvalue weighted by atomic mass is 10.1. The molecule has 0 saturated heterocycles. The van der Waals surface area contributed by atoms with E-state index in [1.54, 1.807) is 24.3 Å². The summed E-state index contributed by atoms with van der Waals surface area (Å²) in [5, 5.41) is 11.7. The molecule has 23 heavy (non-hydrogen) atoms. The first-order chi connectivity index (χ1) is 11.0. The van der Waals surface area contributed by atoms with Crippen LogP contribution < -0.4 is 5.32 Å². The number of benzene rings is 2. The maximum Gasteiger partial charge on any atom is 0.241 e. The Labute approximate surface area is 137 Å². The number of rotatable bonds is 5. The van der Waals surface area contributed by atoms with Gasteiger partial charge < -0.3 is 5.32 Å². The van der Waals surface area contributed by atoms with Crippen molar-refractivity contribution in [2.45, 2.75) is 26.4 Å². The minimum absolute atomic E-state index is 0.0654. The molecule has 118 valence electrons. The van der Waals surface area contributed by atoms with Gasteiger partial charge in [0.2, 0.25) is 5.91 Å². The smallest absolute Gasteiger partial charge is 0.241 e. The number of aryl methyl sites for hydroxylation is 1. The molecule has 0 bridgehead atoms. The fourth-order valence-electron chi connectivity index (χ4n) is 2.19. The standard InChI is InChI=1S/C19H21N3O/c1-14-4-6-17(7-5-14)13-22(3)15(2)19(23)21-18-10-8-16(12-20)9-11-18/h4-11,15H,13H2,1-3H3,(H,21,23)/t15-/m1/s1. The van der Waals surface area contributed by atoms with Crippen molar-refractivity contribution in [3.63, 3.8) is 0 Å². The normalized spacial score (nSPS) is 11.8. The van der Waals surface area contributed by atoms with E-state index in [4.69, 9.17) is 5.26 Å². The predicted octanol–water partition coefficient (Wildman–Crippen LogP) is 3.33. The fraction of sp³-hybridized carbons (Fsp3) is 0.263. The highest BCUT2D eigenvalue weighted by Crippen LogP contribution is 2.12. The van der Waals surface area contributed by atoms with E-state index in [0.717, 1.165) is 0 Å². The Kier molecular flexibility index (Phi) is 5.51. The first-order valence-electron chi connectivity index (χ1n) is 7.56. The van der Waals surface area contributed by atoms with E-state index in [9.17, 15) is 4.79 Å². The van der Waals surface area contributed by atoms with Gasteiger partial charge in [-0.3, -0.25) is 9.69 Å². The topological polar surface area (TPSA) is 56.1 Å². The average Bonchev–Trinajstić information content (AvgIpc) is 2.56. The van der Waals surface area contributed by atoms with Crippen LogP contribution in [0.1, 0.15) is 23.6 Å². The Hall–Kier alpha value is -2.64. The summed E-state index contributed by atoms with van der Waals surface area (Å²) < 4.78 is 0. The minimum Gasteiger partial charge on any atom is -0.325 e. The second kappa shape index (κ2) is 7.57. The van der Waals surface area contributed by atoms with Crippen LogP contribution >= 0.6 is 0 Å². The molecule has 0 radical (unpaired) electrons. The summed E-state index contributed by atoms with van der Waals surface area (Å²) in [5.41, 5.74) is 3.68. The van der Waals surface area contributed by atoms with E-state index in [1.807, 2.05) is 18.9 Å². The van der Waals surface area contributed by atoms with Gasteiger partial charge in [0.25, 0.3) is 0 Å². The Bertz CT molecular complexity index is 699. The minimum atomic E-state index is -0.257. The number of likely N-dealkylation sites (N-methyl/N-ethyl adjacent to an activating group) is 1. The lowest BCUT2D eigenvalue weighted by molar-refractivity contribution is -0.120. The molecule has 1 N–H and O–H groups in total. The molecule has 2 aromatic rings. The van der Waals surface area contributed by atoms with Crippen molar-refractivity contribution in [2.24, 2.45) is 0 Å². The molecule has 0 spiro atoms. The second-order valence-corrected chi connectivity index (χ2v) is 5.76. The van der Waals surface area contributed by atoms with Gasteiger partial charge in [-0.2, -0.15) is 5.26 Å². The highest BCUT2D eigenvalue weighted by Gasteiger charge is 2.18. The third-order valence-electron chi connectivity index (χ3n) is 3.87. The Morgan fingerprint density at radius 3 is 2.35 bits per heavy atom. The van der Waals surface area contributed by atoms with Crippen molar-refractivity contribution in [1.29, 1.82) is 5.26 Å². The summed E-state index contributed by atoms with van der Waals surface area (Å²) in [7, 11) is 1.93. The number of nitriles is 1. The van der Waals surface area contributed by atoms with E-state index < -0.39 is 0 Å². The highest BCUT2D eigenvalue weighted by atomic mass is 16.2. The molecular weight excluding hydrogens is 286 g/mol. The number of anilines is 1. The quantitative estimate of drug-likeness (QED) is 0.922. The highest BCUT2D eigenvalue weighted by molar-refractivity contribution is 5.94. The maximum atomic E-state index is 12.3. The van der Waals surface area contributed by atoms with Crippen LogP contribution in [0.3, 0.4) is 0 Å². The average molecular weight is 307 g/mol. The van der Waals surface area contributed by atoms with E-state index >= 15 is 0 Å². The van der Waals surface area contributed by atoms with Gasteiger partial charge in [0.05, 0.1) is 17.7 Å². The van der Waals surface area contributed by atoms with E-state index in [0.29, 0.717) is 17.8 Å². The third kappa shape index (κ3) is 4.67. The summed E-state index contributed by atoms with van der Waals surface area (Å²) >= 11 is 0. The van der Waals surface area contributed by atoms with Gasteiger partial charge in [0.15, 0.2) is 0 Å². The van der Waals surface area contributed by atoms with Crippen molar-refractivity contribution in [2.75, 3.05) is 12.4 Å². The monoisotopic (exact) mass is 307 g/mol. The van der Waals surface area contributed by atoms with Crippen LogP contribution in [0.5, 0.6) is 0 Å². The zero-order valence-electron chi connectivity index (χ0n) is 13.7. The zero-order chi connectivity index (χ0) is 16.8. The summed E-state index contributed by atoms with van der Waals surface area (Å²) in [6.07, 6.45) is 0. The van der Waals surface area contributed by atoms with Gasteiger partial charge in [-0.15, -0.1) is 0 Å². The van der Waals surface area contributed by atoms with Crippen LogP contribution in [-0.4, -0.2) is 23.9 Å². The molecule has 0 aliphatic carbocycles. The number of amides is 1. The van der Waals surface area contributed by atoms with Gasteiger partial charge >= 0.3 is 0 Å². The number of carbonyl (C=O) groups is 1. The second-order valence-electron chi connectivity index (χ2n) is 5.76. The van der Waals surface area contributed by atoms with Crippen LogP contribution in [0, 0.1) is 18.3 Å². The fourth-order valence-corrected chi connectivity index (χ4v) is 2.19. The molecule has 0 unspecified atom stereocenters. The summed E-state index contributed by atoms with van der Waals surface area (Å²) in [4.78, 5) is 14.3. The van der Waals surface area contributed by atoms with Crippen molar-refractivity contribution in [1.82, 2.24) is 4.90 Å². The van der Waals surface area contributed by atoms with Gasteiger partial charge in [0, 0.05) is 12.2 Å². The zero-order valence-corrected chi connectivity index (χ0v) is 13.7. The lowest BCUT2D eigenvalue weighted by Crippen LogP contribution is -2.39. The van der Waals surface area contributed by atoms with Gasteiger partial charge in [-0.1, -0.05) is 29.8 Å². The first kappa shape index (κ1) is 16.7. The number of carbonyl (C=O) groups excluding carboxylic acids is 1. The predicted molar refractivity (Wildman–Crippen MR) is 91.9 cm³/mol.